The molecule has 1 N–H and O–H groups in total. The van der Waals surface area contributed by atoms with E-state index in [1.54, 1.807) is 31.4 Å². The normalized spacial score (nSPS) is 10.6. The van der Waals surface area contributed by atoms with Crippen LogP contribution in [0.1, 0.15) is 28.7 Å². The van der Waals surface area contributed by atoms with E-state index < -0.39 is 0 Å². The van der Waals surface area contributed by atoms with Crippen molar-refractivity contribution < 1.29 is 14.3 Å². The van der Waals surface area contributed by atoms with Crippen LogP contribution < -0.4 is 10.1 Å². The Morgan fingerprint density at radius 2 is 1.65 bits per heavy atom. The first-order valence-electron chi connectivity index (χ1n) is 10.7. The van der Waals surface area contributed by atoms with E-state index in [1.807, 2.05) is 59.2 Å². The van der Waals surface area contributed by atoms with Gasteiger partial charge in [0.25, 0.3) is 0 Å². The highest BCUT2D eigenvalue weighted by atomic mass is 32.2. The third-order valence-electron chi connectivity index (χ3n) is 5.14. The molecule has 0 radical (unpaired) electrons. The Morgan fingerprint density at radius 1 is 0.941 bits per heavy atom. The Bertz CT molecular complexity index is 1270. The molecule has 0 unspecified atom stereocenters. The zero-order chi connectivity index (χ0) is 23.9. The second-order valence-electron chi connectivity index (χ2n) is 7.57. The smallest absolute Gasteiger partial charge is 0.234 e. The van der Waals surface area contributed by atoms with Gasteiger partial charge in [0.15, 0.2) is 10.9 Å². The molecule has 0 atom stereocenters. The van der Waals surface area contributed by atoms with Crippen molar-refractivity contribution in [1.82, 2.24) is 14.8 Å². The van der Waals surface area contributed by atoms with Crippen molar-refractivity contribution in [2.24, 2.45) is 0 Å². The molecule has 1 amide bonds. The van der Waals surface area contributed by atoms with Crippen LogP contribution in [-0.4, -0.2) is 39.3 Å². The number of aromatic nitrogens is 3. The number of methoxy groups -OCH3 is 1. The first-order chi connectivity index (χ1) is 16.5. The Morgan fingerprint density at radius 3 is 2.29 bits per heavy atom. The summed E-state index contributed by atoms with van der Waals surface area (Å²) in [4.78, 5) is 24.0. The molecule has 34 heavy (non-hydrogen) atoms. The Hall–Kier alpha value is -3.91. The van der Waals surface area contributed by atoms with Gasteiger partial charge in [-0.3, -0.25) is 14.2 Å². The molecule has 4 aromatic rings. The van der Waals surface area contributed by atoms with Crippen LogP contribution in [-0.2, 0) is 11.2 Å². The molecule has 0 aliphatic carbocycles. The number of nitrogens with one attached hydrogen (secondary N) is 1. The van der Waals surface area contributed by atoms with Crippen LogP contribution in [0, 0.1) is 0 Å². The number of amides is 1. The minimum Gasteiger partial charge on any atom is -0.497 e. The number of hydrogen-bond acceptors (Lipinski definition) is 6. The molecule has 1 aromatic heterocycles. The molecule has 0 aliphatic heterocycles. The van der Waals surface area contributed by atoms with Crippen LogP contribution in [0.15, 0.2) is 84.0 Å². The molecule has 3 aromatic carbocycles. The Labute approximate surface area is 202 Å². The number of ether oxygens (including phenoxy) is 1. The molecule has 1 heterocycles. The van der Waals surface area contributed by atoms with Crippen molar-refractivity contribution in [3.63, 3.8) is 0 Å². The van der Waals surface area contributed by atoms with Crippen LogP contribution in [0.4, 0.5) is 5.69 Å². The molecule has 172 valence electrons. The summed E-state index contributed by atoms with van der Waals surface area (Å²) in [5.41, 5.74) is 3.25. The maximum atomic E-state index is 12.6. The van der Waals surface area contributed by atoms with Crippen LogP contribution in [0.2, 0.25) is 0 Å². The second-order valence-corrected chi connectivity index (χ2v) is 8.51. The lowest BCUT2D eigenvalue weighted by Crippen LogP contribution is -2.14. The summed E-state index contributed by atoms with van der Waals surface area (Å²) >= 11 is 1.31. The average molecular weight is 473 g/mol. The van der Waals surface area contributed by atoms with Gasteiger partial charge in [0, 0.05) is 23.4 Å². The van der Waals surface area contributed by atoms with Crippen molar-refractivity contribution >= 4 is 29.1 Å². The highest BCUT2D eigenvalue weighted by Gasteiger charge is 2.17. The number of carbonyl (C=O) groups is 2. The SMILES string of the molecule is COc1ccc(-n2c(Cc3ccccc3)nnc2SCC(=O)Nc2ccc(C(C)=O)cc2)cc1. The zero-order valence-corrected chi connectivity index (χ0v) is 19.7. The van der Waals surface area contributed by atoms with Gasteiger partial charge in [-0.15, -0.1) is 10.2 Å². The summed E-state index contributed by atoms with van der Waals surface area (Å²) in [6.45, 7) is 1.51. The number of thioether (sulfide) groups is 1. The van der Waals surface area contributed by atoms with Crippen molar-refractivity contribution in [1.29, 1.82) is 0 Å². The molecule has 0 aliphatic rings. The minimum absolute atomic E-state index is 0.0161. The van der Waals surface area contributed by atoms with Crippen molar-refractivity contribution in [3.05, 3.63) is 95.8 Å². The van der Waals surface area contributed by atoms with Gasteiger partial charge >= 0.3 is 0 Å². The number of Topliss-reactive ketones (excluding diaryl/α,β-unsaturated/α-hetero) is 1. The predicted molar refractivity (Wildman–Crippen MR) is 133 cm³/mol. The molecule has 0 saturated heterocycles. The minimum atomic E-state index is -0.172. The number of anilines is 1. The number of hydrogen-bond donors (Lipinski definition) is 1. The van der Waals surface area contributed by atoms with Crippen molar-refractivity contribution in [3.8, 4) is 11.4 Å². The van der Waals surface area contributed by atoms with E-state index in [0.717, 1.165) is 22.8 Å². The lowest BCUT2D eigenvalue weighted by molar-refractivity contribution is -0.113. The van der Waals surface area contributed by atoms with Crippen LogP contribution >= 0.6 is 11.8 Å². The fraction of sp³-hybridized carbons (Fsp3) is 0.154. The predicted octanol–water partition coefficient (Wildman–Crippen LogP) is 4.80. The summed E-state index contributed by atoms with van der Waals surface area (Å²) in [7, 11) is 1.63. The first-order valence-corrected chi connectivity index (χ1v) is 11.7. The van der Waals surface area contributed by atoms with Crippen molar-refractivity contribution in [2.75, 3.05) is 18.2 Å². The van der Waals surface area contributed by atoms with E-state index in [-0.39, 0.29) is 17.4 Å². The Balaban J connectivity index is 1.52. The maximum Gasteiger partial charge on any atom is 0.234 e. The maximum absolute atomic E-state index is 12.6. The molecule has 7 nitrogen and oxygen atoms in total. The lowest BCUT2D eigenvalue weighted by Gasteiger charge is -2.11. The number of nitrogens with zero attached hydrogens (tertiary/aromatic N) is 3. The van der Waals surface area contributed by atoms with E-state index in [0.29, 0.717) is 22.8 Å². The lowest BCUT2D eigenvalue weighted by atomic mass is 10.1. The number of ketones is 1. The molecule has 0 bridgehead atoms. The standard InChI is InChI=1S/C26H24N4O3S/c1-18(31)20-8-10-21(11-9-20)27-25(32)17-34-26-29-28-24(16-19-6-4-3-5-7-19)30(26)22-12-14-23(33-2)15-13-22/h3-15H,16-17H2,1-2H3,(H,27,32). The third-order valence-corrected chi connectivity index (χ3v) is 6.07. The summed E-state index contributed by atoms with van der Waals surface area (Å²) in [5, 5.41) is 12.3. The highest BCUT2D eigenvalue weighted by molar-refractivity contribution is 7.99. The molecule has 0 fully saturated rings. The summed E-state index contributed by atoms with van der Waals surface area (Å²) in [6, 6.07) is 24.5. The Kier molecular flexibility index (Phi) is 7.39. The van der Waals surface area contributed by atoms with Crippen molar-refractivity contribution in [2.45, 2.75) is 18.5 Å². The molecule has 4 rings (SSSR count). The second kappa shape index (κ2) is 10.8. The fourth-order valence-corrected chi connectivity index (χ4v) is 4.16. The van der Waals surface area contributed by atoms with E-state index in [1.165, 1.54) is 18.7 Å². The number of rotatable bonds is 9. The van der Waals surface area contributed by atoms with Gasteiger partial charge in [0.2, 0.25) is 5.91 Å². The van der Waals surface area contributed by atoms with E-state index in [2.05, 4.69) is 15.5 Å². The topological polar surface area (TPSA) is 86.1 Å². The molecule has 0 spiro atoms. The fourth-order valence-electron chi connectivity index (χ4n) is 3.39. The van der Waals surface area contributed by atoms with Gasteiger partial charge in [0.1, 0.15) is 11.6 Å². The highest BCUT2D eigenvalue weighted by Crippen LogP contribution is 2.25. The molecular weight excluding hydrogens is 448 g/mol. The molecule has 8 heteroatoms. The summed E-state index contributed by atoms with van der Waals surface area (Å²) < 4.78 is 7.25. The summed E-state index contributed by atoms with van der Waals surface area (Å²) in [5.74, 6) is 1.51. The summed E-state index contributed by atoms with van der Waals surface area (Å²) in [6.07, 6.45) is 0.606. The van der Waals surface area contributed by atoms with Crippen LogP contribution in [0.5, 0.6) is 5.75 Å². The van der Waals surface area contributed by atoms with E-state index in [9.17, 15) is 9.59 Å². The first kappa shape index (κ1) is 23.3. The van der Waals surface area contributed by atoms with Crippen LogP contribution in [0.3, 0.4) is 0 Å². The number of carbonyl (C=O) groups excluding carboxylic acids is 2. The monoisotopic (exact) mass is 472 g/mol. The number of benzene rings is 3. The zero-order valence-electron chi connectivity index (χ0n) is 18.9. The van der Waals surface area contributed by atoms with Gasteiger partial charge in [-0.1, -0.05) is 42.1 Å². The van der Waals surface area contributed by atoms with E-state index >= 15 is 0 Å². The van der Waals surface area contributed by atoms with Gasteiger partial charge in [0.05, 0.1) is 12.9 Å². The third kappa shape index (κ3) is 5.71. The average Bonchev–Trinajstić information content (AvgIpc) is 3.26. The largest absolute Gasteiger partial charge is 0.497 e. The van der Waals surface area contributed by atoms with Gasteiger partial charge in [-0.05, 0) is 61.0 Å². The molecule has 0 saturated carbocycles. The van der Waals surface area contributed by atoms with Crippen LogP contribution in [0.25, 0.3) is 5.69 Å². The van der Waals surface area contributed by atoms with E-state index in [4.69, 9.17) is 4.74 Å². The van der Waals surface area contributed by atoms with Gasteiger partial charge < -0.3 is 10.1 Å². The molecular formula is C26H24N4O3S. The van der Waals surface area contributed by atoms with Gasteiger partial charge in [-0.25, -0.2) is 0 Å². The van der Waals surface area contributed by atoms with Gasteiger partial charge in [-0.2, -0.15) is 0 Å². The quantitative estimate of drug-likeness (QED) is 0.278.